The molecule has 0 fully saturated rings. The number of hydrogen-bond donors (Lipinski definition) is 2. The summed E-state index contributed by atoms with van der Waals surface area (Å²) < 4.78 is 21.0. The van der Waals surface area contributed by atoms with Crippen molar-refractivity contribution in [2.75, 3.05) is 17.7 Å². The summed E-state index contributed by atoms with van der Waals surface area (Å²) in [5.74, 6) is -1.19. The number of rotatable bonds is 8. The number of hydrogen-bond acceptors (Lipinski definition) is 5. The van der Waals surface area contributed by atoms with Crippen LogP contribution in [0.15, 0.2) is 58.1 Å². The van der Waals surface area contributed by atoms with Gasteiger partial charge in [0.25, 0.3) is 11.5 Å². The van der Waals surface area contributed by atoms with Crippen molar-refractivity contribution in [2.45, 2.75) is 32.9 Å². The Morgan fingerprint density at radius 2 is 1.84 bits per heavy atom. The fraction of sp³-hybridized carbons (Fsp3) is 0.261. The van der Waals surface area contributed by atoms with Crippen LogP contribution < -0.4 is 26.6 Å². The Morgan fingerprint density at radius 3 is 2.53 bits per heavy atom. The number of nitrogen functional groups attached to an aromatic ring is 1. The molecule has 1 amide bonds. The predicted octanol–water partition coefficient (Wildman–Crippen LogP) is 2.91. The smallest absolute Gasteiger partial charge is 0.330 e. The molecule has 32 heavy (non-hydrogen) atoms. The molecule has 0 saturated carbocycles. The maximum absolute atomic E-state index is 14.5. The second-order valence-corrected chi connectivity index (χ2v) is 7.18. The minimum atomic E-state index is -0.833. The molecular formula is C23H25FN4O4. The van der Waals surface area contributed by atoms with Gasteiger partial charge in [0, 0.05) is 12.1 Å². The molecule has 0 atom stereocenters. The monoisotopic (exact) mass is 440 g/mol. The number of carbonyl (C=O) groups is 1. The van der Waals surface area contributed by atoms with Gasteiger partial charge in [0.1, 0.15) is 17.4 Å². The summed E-state index contributed by atoms with van der Waals surface area (Å²) >= 11 is 0. The van der Waals surface area contributed by atoms with Crippen molar-refractivity contribution in [1.29, 1.82) is 0 Å². The van der Waals surface area contributed by atoms with Gasteiger partial charge in [-0.2, -0.15) is 0 Å². The molecule has 0 bridgehead atoms. The van der Waals surface area contributed by atoms with E-state index in [4.69, 9.17) is 10.5 Å². The average Bonchev–Trinajstić information content (AvgIpc) is 2.78. The highest BCUT2D eigenvalue weighted by Crippen LogP contribution is 2.26. The van der Waals surface area contributed by atoms with Gasteiger partial charge in [-0.1, -0.05) is 43.7 Å². The molecule has 2 aromatic carbocycles. The number of amides is 1. The summed E-state index contributed by atoms with van der Waals surface area (Å²) in [5.41, 5.74) is 4.85. The molecule has 0 spiro atoms. The summed E-state index contributed by atoms with van der Waals surface area (Å²) in [5, 5.41) is 0. The van der Waals surface area contributed by atoms with Gasteiger partial charge in [-0.25, -0.2) is 9.18 Å². The van der Waals surface area contributed by atoms with Gasteiger partial charge in [0.05, 0.1) is 19.2 Å². The Kier molecular flexibility index (Phi) is 7.09. The number of carbonyl (C=O) groups excluding carboxylic acids is 1. The lowest BCUT2D eigenvalue weighted by Crippen LogP contribution is -2.41. The second-order valence-electron chi connectivity index (χ2n) is 7.18. The van der Waals surface area contributed by atoms with Gasteiger partial charge in [0.2, 0.25) is 0 Å². The quantitative estimate of drug-likeness (QED) is 0.560. The first-order valence-corrected chi connectivity index (χ1v) is 10.2. The number of methoxy groups -OCH3 is 1. The van der Waals surface area contributed by atoms with Crippen LogP contribution in [-0.4, -0.2) is 22.6 Å². The average molecular weight is 440 g/mol. The first-order chi connectivity index (χ1) is 15.4. The molecule has 1 heterocycles. The first-order valence-electron chi connectivity index (χ1n) is 10.2. The number of ether oxygens (including phenoxy) is 1. The third-order valence-corrected chi connectivity index (χ3v) is 5.09. The van der Waals surface area contributed by atoms with Gasteiger partial charge < -0.3 is 10.5 Å². The molecule has 0 radical (unpaired) electrons. The summed E-state index contributed by atoms with van der Waals surface area (Å²) in [7, 11) is 1.48. The number of anilines is 2. The summed E-state index contributed by atoms with van der Waals surface area (Å²) in [6.07, 6.45) is 1.43. The topological polar surface area (TPSA) is 110 Å². The van der Waals surface area contributed by atoms with Crippen molar-refractivity contribution in [3.8, 4) is 5.75 Å². The van der Waals surface area contributed by atoms with E-state index in [9.17, 15) is 18.8 Å². The van der Waals surface area contributed by atoms with Crippen LogP contribution in [0, 0.1) is 5.82 Å². The number of nitrogens with one attached hydrogen (secondary N) is 1. The van der Waals surface area contributed by atoms with Gasteiger partial charge in [0.15, 0.2) is 5.69 Å². The van der Waals surface area contributed by atoms with E-state index in [1.54, 1.807) is 24.3 Å². The number of halogens is 1. The van der Waals surface area contributed by atoms with Crippen LogP contribution in [0.25, 0.3) is 0 Å². The summed E-state index contributed by atoms with van der Waals surface area (Å²) in [6.45, 7) is 2.08. The fourth-order valence-electron chi connectivity index (χ4n) is 3.41. The van der Waals surface area contributed by atoms with E-state index in [1.165, 1.54) is 29.9 Å². The Labute approximate surface area is 184 Å². The molecular weight excluding hydrogens is 415 g/mol. The van der Waals surface area contributed by atoms with Crippen LogP contribution in [-0.2, 0) is 13.1 Å². The second kappa shape index (κ2) is 9.95. The molecule has 1 aromatic heterocycles. The lowest BCUT2D eigenvalue weighted by atomic mass is 10.1. The van der Waals surface area contributed by atoms with Crippen LogP contribution in [0.1, 0.15) is 35.7 Å². The van der Waals surface area contributed by atoms with E-state index in [2.05, 4.69) is 4.98 Å². The molecule has 168 valence electrons. The van der Waals surface area contributed by atoms with Crippen molar-refractivity contribution >= 4 is 17.4 Å². The van der Waals surface area contributed by atoms with E-state index in [0.717, 1.165) is 17.4 Å². The van der Waals surface area contributed by atoms with Crippen molar-refractivity contribution in [3.05, 3.63) is 86.3 Å². The third-order valence-electron chi connectivity index (χ3n) is 5.09. The highest BCUT2D eigenvalue weighted by Gasteiger charge is 2.28. The number of para-hydroxylation sites is 1. The van der Waals surface area contributed by atoms with Crippen LogP contribution >= 0.6 is 0 Å². The number of aromatic amines is 1. The van der Waals surface area contributed by atoms with E-state index in [0.29, 0.717) is 17.7 Å². The zero-order chi connectivity index (χ0) is 23.3. The van der Waals surface area contributed by atoms with Gasteiger partial charge in [-0.15, -0.1) is 0 Å². The molecule has 0 aliphatic carbocycles. The lowest BCUT2D eigenvalue weighted by molar-refractivity contribution is 0.0980. The Hall–Kier alpha value is -3.88. The SMILES string of the molecule is CCCCn1c(N)c(N(Cc2ccccc2OC)C(=O)c2ccccc2F)c(=O)[nH]c1=O. The highest BCUT2D eigenvalue weighted by atomic mass is 19.1. The lowest BCUT2D eigenvalue weighted by Gasteiger charge is -2.25. The number of benzene rings is 2. The third kappa shape index (κ3) is 4.56. The van der Waals surface area contributed by atoms with Gasteiger partial charge in [-0.05, 0) is 24.6 Å². The summed E-state index contributed by atoms with van der Waals surface area (Å²) in [6, 6.07) is 12.4. The van der Waals surface area contributed by atoms with E-state index >= 15 is 0 Å². The van der Waals surface area contributed by atoms with E-state index in [1.807, 2.05) is 6.92 Å². The Morgan fingerprint density at radius 1 is 1.16 bits per heavy atom. The van der Waals surface area contributed by atoms with Gasteiger partial charge in [-0.3, -0.25) is 24.0 Å². The molecule has 0 aliphatic rings. The van der Waals surface area contributed by atoms with Crippen molar-refractivity contribution in [2.24, 2.45) is 0 Å². The van der Waals surface area contributed by atoms with Crippen LogP contribution in [0.2, 0.25) is 0 Å². The molecule has 0 saturated heterocycles. The fourth-order valence-corrected chi connectivity index (χ4v) is 3.41. The molecule has 0 unspecified atom stereocenters. The molecule has 9 heteroatoms. The maximum atomic E-state index is 14.5. The van der Waals surface area contributed by atoms with Crippen LogP contribution in [0.4, 0.5) is 15.9 Å². The number of H-pyrrole nitrogens is 1. The van der Waals surface area contributed by atoms with E-state index in [-0.39, 0.29) is 30.2 Å². The van der Waals surface area contributed by atoms with Crippen LogP contribution in [0.5, 0.6) is 5.75 Å². The van der Waals surface area contributed by atoms with Gasteiger partial charge >= 0.3 is 5.69 Å². The molecule has 0 aliphatic heterocycles. The Bertz CT molecular complexity index is 1240. The Balaban J connectivity index is 2.21. The standard InChI is InChI=1S/C23H25FN4O4/c1-3-4-13-27-20(25)19(21(29)26-23(27)31)28(14-15-9-5-8-12-18(15)32-2)22(30)16-10-6-7-11-17(16)24/h5-12H,3-4,13-14,25H2,1-2H3,(H,26,29,31). The minimum absolute atomic E-state index is 0.129. The number of nitrogens with zero attached hydrogens (tertiary/aromatic N) is 2. The zero-order valence-corrected chi connectivity index (χ0v) is 17.9. The van der Waals surface area contributed by atoms with Crippen molar-refractivity contribution in [3.63, 3.8) is 0 Å². The predicted molar refractivity (Wildman–Crippen MR) is 121 cm³/mol. The molecule has 3 rings (SSSR count). The number of aromatic nitrogens is 2. The number of unbranched alkanes of at least 4 members (excludes halogenated alkanes) is 1. The van der Waals surface area contributed by atoms with Crippen molar-refractivity contribution < 1.29 is 13.9 Å². The normalized spacial score (nSPS) is 10.7. The largest absolute Gasteiger partial charge is 0.496 e. The molecule has 3 aromatic rings. The highest BCUT2D eigenvalue weighted by molar-refractivity contribution is 6.07. The molecule has 8 nitrogen and oxygen atoms in total. The zero-order valence-electron chi connectivity index (χ0n) is 17.9. The van der Waals surface area contributed by atoms with E-state index < -0.39 is 23.0 Å². The maximum Gasteiger partial charge on any atom is 0.330 e. The first kappa shape index (κ1) is 22.8. The number of nitrogens with two attached hydrogens (primary N) is 1. The summed E-state index contributed by atoms with van der Waals surface area (Å²) in [4.78, 5) is 41.9. The molecule has 3 N–H and O–H groups in total. The minimum Gasteiger partial charge on any atom is -0.496 e. The van der Waals surface area contributed by atoms with Crippen LogP contribution in [0.3, 0.4) is 0 Å². The van der Waals surface area contributed by atoms with Crippen molar-refractivity contribution in [1.82, 2.24) is 9.55 Å².